The van der Waals surface area contributed by atoms with Gasteiger partial charge in [-0.1, -0.05) is 33.6 Å². The minimum absolute atomic E-state index is 0.0282. The van der Waals surface area contributed by atoms with Gasteiger partial charge in [-0.05, 0) is 31.6 Å². The summed E-state index contributed by atoms with van der Waals surface area (Å²) < 4.78 is 4.85. The molecule has 0 heterocycles. The van der Waals surface area contributed by atoms with Crippen molar-refractivity contribution in [2.24, 2.45) is 11.8 Å². The Kier molecular flexibility index (Phi) is 6.82. The molecule has 0 spiro atoms. The predicted molar refractivity (Wildman–Crippen MR) is 78.3 cm³/mol. The summed E-state index contributed by atoms with van der Waals surface area (Å²) >= 11 is 0. The Hall–Kier alpha value is -1.26. The van der Waals surface area contributed by atoms with Crippen LogP contribution in [0.4, 0.5) is 4.79 Å². The topological polar surface area (TPSA) is 67.4 Å². The van der Waals surface area contributed by atoms with Crippen LogP contribution in [-0.4, -0.2) is 30.7 Å². The fraction of sp³-hybridized carbons (Fsp3) is 0.867. The highest BCUT2D eigenvalue weighted by Gasteiger charge is 2.28. The van der Waals surface area contributed by atoms with E-state index < -0.39 is 12.1 Å². The fourth-order valence-electron chi connectivity index (χ4n) is 2.69. The second-order valence-corrected chi connectivity index (χ2v) is 6.06. The van der Waals surface area contributed by atoms with Crippen molar-refractivity contribution in [3.8, 4) is 0 Å². The van der Waals surface area contributed by atoms with Gasteiger partial charge >= 0.3 is 6.09 Å². The van der Waals surface area contributed by atoms with Crippen LogP contribution in [0.2, 0.25) is 0 Å². The monoisotopic (exact) mass is 284 g/mol. The average molecular weight is 284 g/mol. The molecule has 20 heavy (non-hydrogen) atoms. The van der Waals surface area contributed by atoms with E-state index in [9.17, 15) is 9.59 Å². The number of amides is 2. The number of hydrogen-bond donors (Lipinski definition) is 2. The van der Waals surface area contributed by atoms with Crippen LogP contribution in [0.3, 0.4) is 0 Å². The van der Waals surface area contributed by atoms with E-state index >= 15 is 0 Å². The van der Waals surface area contributed by atoms with E-state index in [1.165, 1.54) is 6.42 Å². The largest absolute Gasteiger partial charge is 0.450 e. The SMILES string of the molecule is CCOC(=O)N[C@H](C(=O)N[C@@H]1CCC[C@@H](C)C1)C(C)C. The van der Waals surface area contributed by atoms with Crippen LogP contribution in [0, 0.1) is 11.8 Å². The number of carbonyl (C=O) groups excluding carboxylic acids is 2. The maximum Gasteiger partial charge on any atom is 0.407 e. The normalized spacial score (nSPS) is 24.1. The van der Waals surface area contributed by atoms with E-state index in [1.54, 1.807) is 6.92 Å². The van der Waals surface area contributed by atoms with Crippen molar-refractivity contribution in [3.63, 3.8) is 0 Å². The Labute approximate surface area is 121 Å². The third-order valence-corrected chi connectivity index (χ3v) is 3.78. The van der Waals surface area contributed by atoms with E-state index in [-0.39, 0.29) is 17.9 Å². The molecule has 1 saturated carbocycles. The third-order valence-electron chi connectivity index (χ3n) is 3.78. The highest BCUT2D eigenvalue weighted by atomic mass is 16.5. The molecule has 3 atom stereocenters. The van der Waals surface area contributed by atoms with Crippen LogP contribution in [0.15, 0.2) is 0 Å². The van der Waals surface area contributed by atoms with Gasteiger partial charge in [-0.2, -0.15) is 0 Å². The lowest BCUT2D eigenvalue weighted by atomic mass is 9.87. The molecule has 0 aliphatic heterocycles. The summed E-state index contributed by atoms with van der Waals surface area (Å²) in [6.45, 7) is 8.10. The van der Waals surface area contributed by atoms with E-state index in [1.807, 2.05) is 13.8 Å². The lowest BCUT2D eigenvalue weighted by Crippen LogP contribution is -2.52. The number of hydrogen-bond acceptors (Lipinski definition) is 3. The van der Waals surface area contributed by atoms with E-state index in [4.69, 9.17) is 4.74 Å². The van der Waals surface area contributed by atoms with E-state index in [0.29, 0.717) is 12.5 Å². The first-order valence-electron chi connectivity index (χ1n) is 7.67. The summed E-state index contributed by atoms with van der Waals surface area (Å²) in [6.07, 6.45) is 3.92. The summed E-state index contributed by atoms with van der Waals surface area (Å²) in [5.74, 6) is 0.581. The summed E-state index contributed by atoms with van der Waals surface area (Å²) in [6, 6.07) is -0.303. The fourth-order valence-corrected chi connectivity index (χ4v) is 2.69. The molecule has 0 aromatic carbocycles. The van der Waals surface area contributed by atoms with Crippen LogP contribution in [-0.2, 0) is 9.53 Å². The molecule has 2 N–H and O–H groups in total. The minimum atomic E-state index is -0.536. The molecule has 0 saturated heterocycles. The van der Waals surface area contributed by atoms with Crippen molar-refractivity contribution in [3.05, 3.63) is 0 Å². The molecular weight excluding hydrogens is 256 g/mol. The summed E-state index contributed by atoms with van der Waals surface area (Å²) in [5.41, 5.74) is 0. The van der Waals surface area contributed by atoms with Crippen molar-refractivity contribution in [2.45, 2.75) is 65.5 Å². The van der Waals surface area contributed by atoms with Crippen molar-refractivity contribution in [2.75, 3.05) is 6.61 Å². The molecular formula is C15H28N2O3. The van der Waals surface area contributed by atoms with Gasteiger partial charge in [0.25, 0.3) is 0 Å². The van der Waals surface area contributed by atoms with Crippen LogP contribution in [0.5, 0.6) is 0 Å². The summed E-state index contributed by atoms with van der Waals surface area (Å²) in [4.78, 5) is 23.8. The lowest BCUT2D eigenvalue weighted by molar-refractivity contribution is -0.125. The zero-order valence-corrected chi connectivity index (χ0v) is 13.1. The maximum absolute atomic E-state index is 12.3. The summed E-state index contributed by atoms with van der Waals surface area (Å²) in [5, 5.41) is 5.71. The molecule has 0 unspecified atom stereocenters. The molecule has 2 amide bonds. The molecule has 116 valence electrons. The second kappa shape index (κ2) is 8.12. The van der Waals surface area contributed by atoms with Crippen LogP contribution < -0.4 is 10.6 Å². The number of rotatable bonds is 5. The van der Waals surface area contributed by atoms with Gasteiger partial charge in [0, 0.05) is 6.04 Å². The van der Waals surface area contributed by atoms with Gasteiger partial charge < -0.3 is 15.4 Å². The highest BCUT2D eigenvalue weighted by molar-refractivity contribution is 5.86. The van der Waals surface area contributed by atoms with E-state index in [2.05, 4.69) is 17.6 Å². The number of nitrogens with one attached hydrogen (secondary N) is 2. The minimum Gasteiger partial charge on any atom is -0.450 e. The molecule has 1 aliphatic carbocycles. The first-order valence-corrected chi connectivity index (χ1v) is 7.67. The lowest BCUT2D eigenvalue weighted by Gasteiger charge is -2.30. The van der Waals surface area contributed by atoms with Gasteiger partial charge in [-0.25, -0.2) is 4.79 Å². The molecule has 5 nitrogen and oxygen atoms in total. The first kappa shape index (κ1) is 16.8. The molecule has 0 aromatic heterocycles. The standard InChI is InChI=1S/C15H28N2O3/c1-5-20-15(19)17-13(10(2)3)14(18)16-12-8-6-7-11(4)9-12/h10-13H,5-9H2,1-4H3,(H,16,18)(H,17,19)/t11-,12-,13+/m1/s1. The molecule has 1 rings (SSSR count). The van der Waals surface area contributed by atoms with Crippen molar-refractivity contribution >= 4 is 12.0 Å². The predicted octanol–water partition coefficient (Wildman–Crippen LogP) is 2.45. The molecule has 1 aliphatic rings. The Bertz CT molecular complexity index is 331. The Morgan fingerprint density at radius 2 is 2.00 bits per heavy atom. The van der Waals surface area contributed by atoms with Crippen LogP contribution in [0.25, 0.3) is 0 Å². The zero-order chi connectivity index (χ0) is 15.1. The van der Waals surface area contributed by atoms with Gasteiger partial charge in [0.1, 0.15) is 6.04 Å². The van der Waals surface area contributed by atoms with Gasteiger partial charge in [0.15, 0.2) is 0 Å². The van der Waals surface area contributed by atoms with Gasteiger partial charge in [-0.15, -0.1) is 0 Å². The van der Waals surface area contributed by atoms with Crippen molar-refractivity contribution < 1.29 is 14.3 Å². The smallest absolute Gasteiger partial charge is 0.407 e. The number of alkyl carbamates (subject to hydrolysis) is 1. The average Bonchev–Trinajstić information content (AvgIpc) is 2.35. The number of carbonyl (C=O) groups is 2. The molecule has 0 aromatic rings. The molecule has 1 fully saturated rings. The molecule has 0 bridgehead atoms. The number of ether oxygens (including phenoxy) is 1. The quantitative estimate of drug-likeness (QED) is 0.815. The van der Waals surface area contributed by atoms with Crippen molar-refractivity contribution in [1.82, 2.24) is 10.6 Å². The summed E-state index contributed by atoms with van der Waals surface area (Å²) in [7, 11) is 0. The Balaban J connectivity index is 2.53. The Morgan fingerprint density at radius 1 is 1.30 bits per heavy atom. The van der Waals surface area contributed by atoms with Crippen molar-refractivity contribution in [1.29, 1.82) is 0 Å². The van der Waals surface area contributed by atoms with Gasteiger partial charge in [0.2, 0.25) is 5.91 Å². The van der Waals surface area contributed by atoms with E-state index in [0.717, 1.165) is 19.3 Å². The van der Waals surface area contributed by atoms with Crippen LogP contribution in [0.1, 0.15) is 53.4 Å². The van der Waals surface area contributed by atoms with Gasteiger partial charge in [0.05, 0.1) is 6.61 Å². The highest BCUT2D eigenvalue weighted by Crippen LogP contribution is 2.23. The first-order chi connectivity index (χ1) is 9.43. The molecule has 0 radical (unpaired) electrons. The zero-order valence-electron chi connectivity index (χ0n) is 13.1. The van der Waals surface area contributed by atoms with Gasteiger partial charge in [-0.3, -0.25) is 4.79 Å². The third kappa shape index (κ3) is 5.39. The maximum atomic E-state index is 12.3. The van der Waals surface area contributed by atoms with Crippen LogP contribution >= 0.6 is 0 Å². The second-order valence-electron chi connectivity index (χ2n) is 6.06. The molecule has 5 heteroatoms. The Morgan fingerprint density at radius 3 is 2.55 bits per heavy atom.